The minimum absolute atomic E-state index is 0.565. The molecule has 5 rings (SSSR count). The molecule has 0 radical (unpaired) electrons. The van der Waals surface area contributed by atoms with Crippen molar-refractivity contribution in [2.75, 3.05) is 13.1 Å². The van der Waals surface area contributed by atoms with Crippen LogP contribution in [-0.2, 0) is 6.54 Å². The Labute approximate surface area is 165 Å². The molecule has 1 fully saturated rings. The van der Waals surface area contributed by atoms with Crippen molar-refractivity contribution >= 4 is 10.9 Å². The van der Waals surface area contributed by atoms with E-state index in [-0.39, 0.29) is 0 Å². The summed E-state index contributed by atoms with van der Waals surface area (Å²) in [6.07, 6.45) is 8.95. The number of fused-ring (bicyclic) bond motifs is 1. The number of rotatable bonds is 4. The Hall–Kier alpha value is -2.98. The molecule has 4 aromatic rings. The van der Waals surface area contributed by atoms with Crippen molar-refractivity contribution in [3.63, 3.8) is 0 Å². The summed E-state index contributed by atoms with van der Waals surface area (Å²) in [5.74, 6) is 0.565. The first-order valence-electron chi connectivity index (χ1n) is 9.91. The lowest BCUT2D eigenvalue weighted by Crippen LogP contribution is -2.19. The molecule has 140 valence electrons. The van der Waals surface area contributed by atoms with Crippen molar-refractivity contribution in [2.24, 2.45) is 0 Å². The minimum Gasteiger partial charge on any atom is -0.361 e. The molecule has 4 heteroatoms. The standard InChI is InChI=1S/C24H24N4/c1-17-2-3-23-22(12-17)21(14-27-23)16-28-11-7-20(15-28)19-6-10-26-24(13-19)18-4-8-25-9-5-18/h2-6,8-10,12-14,20,27H,7,11,15-16H2,1H3/t20-/m0/s1. The Morgan fingerprint density at radius 1 is 1.07 bits per heavy atom. The van der Waals surface area contributed by atoms with Gasteiger partial charge in [0.05, 0.1) is 5.69 Å². The first-order chi connectivity index (χ1) is 13.8. The van der Waals surface area contributed by atoms with Gasteiger partial charge in [-0.25, -0.2) is 0 Å². The Kier molecular flexibility index (Phi) is 4.41. The number of benzene rings is 1. The normalized spacial score (nSPS) is 17.4. The summed E-state index contributed by atoms with van der Waals surface area (Å²) in [5.41, 5.74) is 7.48. The summed E-state index contributed by atoms with van der Waals surface area (Å²) < 4.78 is 0. The Morgan fingerprint density at radius 2 is 1.96 bits per heavy atom. The molecule has 28 heavy (non-hydrogen) atoms. The van der Waals surface area contributed by atoms with Crippen molar-refractivity contribution in [2.45, 2.75) is 25.8 Å². The highest BCUT2D eigenvalue weighted by molar-refractivity contribution is 5.83. The van der Waals surface area contributed by atoms with E-state index in [0.29, 0.717) is 5.92 Å². The lowest BCUT2D eigenvalue weighted by molar-refractivity contribution is 0.328. The van der Waals surface area contributed by atoms with Gasteiger partial charge in [0.2, 0.25) is 0 Å². The summed E-state index contributed by atoms with van der Waals surface area (Å²) in [7, 11) is 0. The van der Waals surface area contributed by atoms with Gasteiger partial charge in [-0.3, -0.25) is 14.9 Å². The number of nitrogens with one attached hydrogen (secondary N) is 1. The zero-order chi connectivity index (χ0) is 18.9. The van der Waals surface area contributed by atoms with Crippen molar-refractivity contribution < 1.29 is 0 Å². The van der Waals surface area contributed by atoms with Crippen LogP contribution in [0.2, 0.25) is 0 Å². The summed E-state index contributed by atoms with van der Waals surface area (Å²) >= 11 is 0. The molecule has 4 heterocycles. The largest absolute Gasteiger partial charge is 0.361 e. The number of hydrogen-bond acceptors (Lipinski definition) is 3. The van der Waals surface area contributed by atoms with Gasteiger partial charge in [-0.1, -0.05) is 11.6 Å². The van der Waals surface area contributed by atoms with Gasteiger partial charge in [0.1, 0.15) is 0 Å². The third-order valence-corrected chi connectivity index (χ3v) is 5.82. The predicted octanol–water partition coefficient (Wildman–Crippen LogP) is 4.92. The van der Waals surface area contributed by atoms with Crippen LogP contribution >= 0.6 is 0 Å². The maximum Gasteiger partial charge on any atom is 0.0705 e. The van der Waals surface area contributed by atoms with Gasteiger partial charge in [0.25, 0.3) is 0 Å². The number of hydrogen-bond donors (Lipinski definition) is 1. The number of H-pyrrole nitrogens is 1. The lowest BCUT2D eigenvalue weighted by atomic mass is 9.97. The fraction of sp³-hybridized carbons (Fsp3) is 0.250. The zero-order valence-electron chi connectivity index (χ0n) is 16.1. The summed E-state index contributed by atoms with van der Waals surface area (Å²) in [6, 6.07) is 15.1. The van der Waals surface area contributed by atoms with Crippen LogP contribution in [-0.4, -0.2) is 32.9 Å². The Balaban J connectivity index is 1.33. The van der Waals surface area contributed by atoms with Gasteiger partial charge < -0.3 is 4.98 Å². The maximum absolute atomic E-state index is 4.56. The Morgan fingerprint density at radius 3 is 2.86 bits per heavy atom. The second-order valence-corrected chi connectivity index (χ2v) is 7.79. The maximum atomic E-state index is 4.56. The van der Waals surface area contributed by atoms with Crippen LogP contribution in [0.1, 0.15) is 29.0 Å². The smallest absolute Gasteiger partial charge is 0.0705 e. The summed E-state index contributed by atoms with van der Waals surface area (Å²) in [4.78, 5) is 14.7. The van der Waals surface area contributed by atoms with Crippen molar-refractivity contribution in [3.05, 3.63) is 83.9 Å². The molecule has 0 amide bonds. The Bertz CT molecular complexity index is 1100. The van der Waals surface area contributed by atoms with Crippen molar-refractivity contribution in [3.8, 4) is 11.3 Å². The molecule has 0 saturated carbocycles. The van der Waals surface area contributed by atoms with E-state index in [1.165, 1.54) is 34.0 Å². The van der Waals surface area contributed by atoms with Crippen LogP contribution in [0.3, 0.4) is 0 Å². The molecule has 1 aromatic carbocycles. The van der Waals surface area contributed by atoms with Gasteiger partial charge in [-0.2, -0.15) is 0 Å². The highest BCUT2D eigenvalue weighted by Gasteiger charge is 2.25. The average molecular weight is 368 g/mol. The molecule has 4 nitrogen and oxygen atoms in total. The molecule has 1 aliphatic heterocycles. The second kappa shape index (κ2) is 7.21. The van der Waals surface area contributed by atoms with Crippen molar-refractivity contribution in [1.82, 2.24) is 19.9 Å². The van der Waals surface area contributed by atoms with Gasteiger partial charge in [0.15, 0.2) is 0 Å². The molecule has 0 bridgehead atoms. The predicted molar refractivity (Wildman–Crippen MR) is 113 cm³/mol. The average Bonchev–Trinajstić information content (AvgIpc) is 3.36. The van der Waals surface area contributed by atoms with E-state index in [9.17, 15) is 0 Å². The van der Waals surface area contributed by atoms with Gasteiger partial charge in [0, 0.05) is 54.3 Å². The first kappa shape index (κ1) is 17.1. The van der Waals surface area contributed by atoms with E-state index in [4.69, 9.17) is 0 Å². The third-order valence-electron chi connectivity index (χ3n) is 5.82. The number of aromatic amines is 1. The van der Waals surface area contributed by atoms with Crippen LogP contribution in [0.15, 0.2) is 67.3 Å². The molecule has 0 aliphatic carbocycles. The third kappa shape index (κ3) is 3.32. The van der Waals surface area contributed by atoms with Crippen LogP contribution in [0.25, 0.3) is 22.2 Å². The van der Waals surface area contributed by atoms with E-state index >= 15 is 0 Å². The van der Waals surface area contributed by atoms with Crippen LogP contribution < -0.4 is 0 Å². The molecule has 1 aliphatic rings. The SMILES string of the molecule is Cc1ccc2[nH]cc(CN3CC[C@H](c4ccnc(-c5ccncc5)c4)C3)c2c1. The molecule has 1 saturated heterocycles. The van der Waals surface area contributed by atoms with E-state index in [0.717, 1.165) is 30.9 Å². The molecule has 1 N–H and O–H groups in total. The summed E-state index contributed by atoms with van der Waals surface area (Å²) in [6.45, 7) is 5.39. The molecular formula is C24H24N4. The second-order valence-electron chi connectivity index (χ2n) is 7.79. The number of aryl methyl sites for hydroxylation is 1. The monoisotopic (exact) mass is 368 g/mol. The van der Waals surface area contributed by atoms with E-state index < -0.39 is 0 Å². The fourth-order valence-corrected chi connectivity index (χ4v) is 4.29. The van der Waals surface area contributed by atoms with Gasteiger partial charge in [-0.15, -0.1) is 0 Å². The van der Waals surface area contributed by atoms with E-state index in [2.05, 4.69) is 63.3 Å². The first-order valence-corrected chi connectivity index (χ1v) is 9.91. The topological polar surface area (TPSA) is 44.8 Å². The van der Waals surface area contributed by atoms with Crippen LogP contribution in [0.5, 0.6) is 0 Å². The van der Waals surface area contributed by atoms with E-state index in [1.54, 1.807) is 0 Å². The quantitative estimate of drug-likeness (QED) is 0.556. The van der Waals surface area contributed by atoms with E-state index in [1.807, 2.05) is 30.7 Å². The van der Waals surface area contributed by atoms with Gasteiger partial charge in [-0.05, 0) is 73.3 Å². The lowest BCUT2D eigenvalue weighted by Gasteiger charge is -2.16. The molecule has 0 spiro atoms. The highest BCUT2D eigenvalue weighted by Crippen LogP contribution is 2.31. The minimum atomic E-state index is 0.565. The van der Waals surface area contributed by atoms with Gasteiger partial charge >= 0.3 is 0 Å². The number of pyridine rings is 2. The highest BCUT2D eigenvalue weighted by atomic mass is 15.1. The molecular weight excluding hydrogens is 344 g/mol. The molecule has 1 atom stereocenters. The number of nitrogens with zero attached hydrogens (tertiary/aromatic N) is 3. The van der Waals surface area contributed by atoms with Crippen molar-refractivity contribution in [1.29, 1.82) is 0 Å². The zero-order valence-corrected chi connectivity index (χ0v) is 16.1. The fourth-order valence-electron chi connectivity index (χ4n) is 4.29. The number of likely N-dealkylation sites (tertiary alicyclic amines) is 1. The molecule has 0 unspecified atom stereocenters. The summed E-state index contributed by atoms with van der Waals surface area (Å²) in [5, 5.41) is 1.35. The number of aromatic nitrogens is 3. The van der Waals surface area contributed by atoms with Crippen LogP contribution in [0, 0.1) is 6.92 Å². The van der Waals surface area contributed by atoms with Crippen LogP contribution in [0.4, 0.5) is 0 Å². The molecule has 3 aromatic heterocycles.